The Balaban J connectivity index is 1.69. The van der Waals surface area contributed by atoms with Gasteiger partial charge in [-0.05, 0) is 67.0 Å². The van der Waals surface area contributed by atoms with E-state index < -0.39 is 17.7 Å². The Kier molecular flexibility index (Phi) is 9.98. The summed E-state index contributed by atoms with van der Waals surface area (Å²) in [6, 6.07) is 21.8. The van der Waals surface area contributed by atoms with Crippen LogP contribution in [0.1, 0.15) is 42.1 Å². The molecule has 7 heteroatoms. The highest BCUT2D eigenvalue weighted by Gasteiger charge is 2.46. The van der Waals surface area contributed by atoms with E-state index in [4.69, 9.17) is 9.47 Å². The lowest BCUT2D eigenvalue weighted by Crippen LogP contribution is -2.38. The van der Waals surface area contributed by atoms with Crippen LogP contribution in [0.5, 0.6) is 11.5 Å². The van der Waals surface area contributed by atoms with Crippen LogP contribution in [0.15, 0.2) is 91.0 Å². The summed E-state index contributed by atoms with van der Waals surface area (Å²) >= 11 is 0. The third kappa shape index (κ3) is 6.87. The average molecular weight is 555 g/mol. The number of carbonyl (C=O) groups is 2. The molecular weight excluding hydrogens is 516 g/mol. The van der Waals surface area contributed by atoms with Crippen molar-refractivity contribution in [3.63, 3.8) is 0 Å². The van der Waals surface area contributed by atoms with Gasteiger partial charge in [0.2, 0.25) is 0 Å². The number of nitrogens with zero attached hydrogens (tertiary/aromatic N) is 2. The molecule has 41 heavy (non-hydrogen) atoms. The molecule has 0 saturated carbocycles. The minimum Gasteiger partial charge on any atom is -0.507 e. The maximum atomic E-state index is 13.5. The van der Waals surface area contributed by atoms with Crippen LogP contribution in [0.3, 0.4) is 0 Å². The number of ketones is 1. The molecule has 4 rings (SSSR count). The number of hydrogen-bond acceptors (Lipinski definition) is 6. The van der Waals surface area contributed by atoms with E-state index >= 15 is 0 Å². The summed E-state index contributed by atoms with van der Waals surface area (Å²) < 4.78 is 11.6. The van der Waals surface area contributed by atoms with Crippen LogP contribution in [-0.4, -0.2) is 59.4 Å². The van der Waals surface area contributed by atoms with E-state index in [0.717, 1.165) is 29.8 Å². The first kappa shape index (κ1) is 29.6. The molecule has 3 aromatic carbocycles. The number of carbonyl (C=O) groups excluding carboxylic acids is 2. The van der Waals surface area contributed by atoms with Gasteiger partial charge in [-0.15, -0.1) is 0 Å². The van der Waals surface area contributed by atoms with Gasteiger partial charge in [-0.3, -0.25) is 9.59 Å². The summed E-state index contributed by atoms with van der Waals surface area (Å²) in [5.41, 5.74) is 3.06. The summed E-state index contributed by atoms with van der Waals surface area (Å²) in [4.78, 5) is 30.6. The van der Waals surface area contributed by atoms with E-state index in [9.17, 15) is 14.7 Å². The third-order valence-corrected chi connectivity index (χ3v) is 7.36. The minimum atomic E-state index is -0.732. The van der Waals surface area contributed by atoms with Gasteiger partial charge < -0.3 is 24.4 Å². The number of amides is 1. The molecule has 3 aromatic rings. The number of aliphatic hydroxyl groups excluding tert-OH is 1. The molecule has 0 radical (unpaired) electrons. The first-order valence-corrected chi connectivity index (χ1v) is 14.0. The smallest absolute Gasteiger partial charge is 0.295 e. The molecule has 214 valence electrons. The standard InChI is InChI=1S/C34H38N2O5/c1-5-21-40-28-17-18-29(24(4)22-28)32(37)30-31(36(34(39)33(30)38)20-19-35(6-2)7-3)26-13-15-27(16-14-26)41-23-25-11-9-8-10-12-25/h5,8-18,22,31,37H,1,6-7,19-21,23H2,2-4H3. The zero-order valence-electron chi connectivity index (χ0n) is 24.0. The Morgan fingerprint density at radius 2 is 1.66 bits per heavy atom. The summed E-state index contributed by atoms with van der Waals surface area (Å²) in [5, 5.41) is 11.5. The highest BCUT2D eigenvalue weighted by molar-refractivity contribution is 6.46. The molecule has 1 heterocycles. The molecule has 1 amide bonds. The van der Waals surface area contributed by atoms with E-state index in [-0.39, 0.29) is 11.3 Å². The minimum absolute atomic E-state index is 0.0790. The van der Waals surface area contributed by atoms with E-state index in [0.29, 0.717) is 43.4 Å². The molecule has 0 aliphatic carbocycles. The molecular formula is C34H38N2O5. The number of rotatable bonds is 13. The van der Waals surface area contributed by atoms with Crippen LogP contribution in [0.4, 0.5) is 0 Å². The van der Waals surface area contributed by atoms with Crippen LogP contribution in [0.25, 0.3) is 5.76 Å². The zero-order chi connectivity index (χ0) is 29.4. The van der Waals surface area contributed by atoms with Gasteiger partial charge in [0, 0.05) is 18.7 Å². The number of likely N-dealkylation sites (N-methyl/N-ethyl adjacent to an activating group) is 1. The average Bonchev–Trinajstić information content (AvgIpc) is 3.25. The largest absolute Gasteiger partial charge is 0.507 e. The number of Topliss-reactive ketones (excluding diaryl/α,β-unsaturated/α-hetero) is 1. The van der Waals surface area contributed by atoms with Crippen molar-refractivity contribution < 1.29 is 24.2 Å². The first-order chi connectivity index (χ1) is 19.9. The Hall–Kier alpha value is -4.36. The van der Waals surface area contributed by atoms with Gasteiger partial charge in [0.15, 0.2) is 0 Å². The summed E-state index contributed by atoms with van der Waals surface area (Å²) in [6.07, 6.45) is 1.65. The molecule has 0 spiro atoms. The normalized spacial score (nSPS) is 16.3. The quantitative estimate of drug-likeness (QED) is 0.123. The second kappa shape index (κ2) is 13.8. The topological polar surface area (TPSA) is 79.3 Å². The Labute approximate surface area is 242 Å². The van der Waals surface area contributed by atoms with Crippen molar-refractivity contribution >= 4 is 17.4 Å². The van der Waals surface area contributed by atoms with Crippen molar-refractivity contribution in [3.8, 4) is 11.5 Å². The number of likely N-dealkylation sites (tertiary alicyclic amines) is 1. The van der Waals surface area contributed by atoms with Crippen molar-refractivity contribution in [1.29, 1.82) is 0 Å². The zero-order valence-corrected chi connectivity index (χ0v) is 24.0. The van der Waals surface area contributed by atoms with Gasteiger partial charge >= 0.3 is 0 Å². The highest BCUT2D eigenvalue weighted by atomic mass is 16.5. The number of benzene rings is 3. The van der Waals surface area contributed by atoms with Gasteiger partial charge in [0.25, 0.3) is 11.7 Å². The molecule has 1 saturated heterocycles. The third-order valence-electron chi connectivity index (χ3n) is 7.36. The predicted molar refractivity (Wildman–Crippen MR) is 161 cm³/mol. The maximum absolute atomic E-state index is 13.5. The van der Waals surface area contributed by atoms with Crippen LogP contribution in [-0.2, 0) is 16.2 Å². The maximum Gasteiger partial charge on any atom is 0.295 e. The molecule has 7 nitrogen and oxygen atoms in total. The molecule has 1 aliphatic heterocycles. The van der Waals surface area contributed by atoms with Crippen LogP contribution in [0, 0.1) is 6.92 Å². The van der Waals surface area contributed by atoms with E-state index in [1.54, 1.807) is 29.2 Å². The number of hydrogen-bond donors (Lipinski definition) is 1. The molecule has 0 aromatic heterocycles. The summed E-state index contributed by atoms with van der Waals surface area (Å²) in [7, 11) is 0. The van der Waals surface area contributed by atoms with Crippen molar-refractivity contribution in [2.24, 2.45) is 0 Å². The number of aryl methyl sites for hydroxylation is 1. The second-order valence-electron chi connectivity index (χ2n) is 9.94. The Morgan fingerprint density at radius 3 is 2.29 bits per heavy atom. The predicted octanol–water partition coefficient (Wildman–Crippen LogP) is 5.90. The van der Waals surface area contributed by atoms with E-state index in [1.165, 1.54) is 0 Å². The van der Waals surface area contributed by atoms with Gasteiger partial charge in [-0.2, -0.15) is 0 Å². The molecule has 1 aliphatic rings. The Bertz CT molecular complexity index is 1390. The molecule has 1 atom stereocenters. The lowest BCUT2D eigenvalue weighted by molar-refractivity contribution is -0.140. The first-order valence-electron chi connectivity index (χ1n) is 14.0. The van der Waals surface area contributed by atoms with Crippen molar-refractivity contribution in [1.82, 2.24) is 9.80 Å². The fraction of sp³-hybridized carbons (Fsp3) is 0.294. The van der Waals surface area contributed by atoms with Gasteiger partial charge in [-0.25, -0.2) is 0 Å². The molecule has 1 unspecified atom stereocenters. The number of ether oxygens (including phenoxy) is 2. The fourth-order valence-corrected chi connectivity index (χ4v) is 5.03. The van der Waals surface area contributed by atoms with Crippen LogP contribution in [0.2, 0.25) is 0 Å². The van der Waals surface area contributed by atoms with Crippen molar-refractivity contribution in [2.45, 2.75) is 33.4 Å². The summed E-state index contributed by atoms with van der Waals surface area (Å²) in [6.45, 7) is 13.0. The number of aliphatic hydroxyl groups is 1. The van der Waals surface area contributed by atoms with Crippen molar-refractivity contribution in [3.05, 3.63) is 113 Å². The van der Waals surface area contributed by atoms with Gasteiger partial charge in [-0.1, -0.05) is 69.0 Å². The molecule has 1 N–H and O–H groups in total. The van der Waals surface area contributed by atoms with E-state index in [2.05, 4.69) is 25.3 Å². The Morgan fingerprint density at radius 1 is 0.976 bits per heavy atom. The van der Waals surface area contributed by atoms with Gasteiger partial charge in [0.05, 0.1) is 11.6 Å². The monoisotopic (exact) mass is 554 g/mol. The van der Waals surface area contributed by atoms with Crippen LogP contribution >= 0.6 is 0 Å². The fourth-order valence-electron chi connectivity index (χ4n) is 5.03. The van der Waals surface area contributed by atoms with Gasteiger partial charge in [0.1, 0.15) is 30.5 Å². The second-order valence-corrected chi connectivity index (χ2v) is 9.94. The van der Waals surface area contributed by atoms with Crippen LogP contribution < -0.4 is 9.47 Å². The SMILES string of the molecule is C=CCOc1ccc(C(O)=C2C(=O)C(=O)N(CCN(CC)CC)C2c2ccc(OCc3ccccc3)cc2)c(C)c1. The lowest BCUT2D eigenvalue weighted by Gasteiger charge is -2.28. The van der Waals surface area contributed by atoms with E-state index in [1.807, 2.05) is 61.5 Å². The summed E-state index contributed by atoms with van der Waals surface area (Å²) in [5.74, 6) is -0.208. The molecule has 1 fully saturated rings. The highest BCUT2D eigenvalue weighted by Crippen LogP contribution is 2.40. The lowest BCUT2D eigenvalue weighted by atomic mass is 9.94. The van der Waals surface area contributed by atoms with Crippen molar-refractivity contribution in [2.75, 3.05) is 32.8 Å². The molecule has 0 bridgehead atoms.